The van der Waals surface area contributed by atoms with Crippen LogP contribution in [0.4, 0.5) is 0 Å². The molecule has 1 aromatic carbocycles. The number of fused-ring (bicyclic) bond motifs is 1. The van der Waals surface area contributed by atoms with Crippen molar-refractivity contribution in [2.24, 2.45) is 0 Å². The number of hydrogen-bond donors (Lipinski definition) is 2. The predicted molar refractivity (Wildman–Crippen MR) is 110 cm³/mol. The van der Waals surface area contributed by atoms with Gasteiger partial charge in [0.05, 0.1) is 5.52 Å². The van der Waals surface area contributed by atoms with Crippen molar-refractivity contribution in [1.29, 1.82) is 0 Å². The van der Waals surface area contributed by atoms with Crippen LogP contribution in [0.3, 0.4) is 0 Å². The van der Waals surface area contributed by atoms with E-state index in [9.17, 15) is 9.59 Å². The SMILES string of the molecule is CCC(C)NC(=O)c1nc(C(=O)NCCCc2ccccc2)c2ccccn12. The fourth-order valence-corrected chi connectivity index (χ4v) is 2.98. The van der Waals surface area contributed by atoms with Crippen LogP contribution in [0.2, 0.25) is 0 Å². The van der Waals surface area contributed by atoms with E-state index in [1.54, 1.807) is 16.7 Å². The van der Waals surface area contributed by atoms with Crippen molar-refractivity contribution in [2.45, 2.75) is 39.2 Å². The van der Waals surface area contributed by atoms with E-state index in [2.05, 4.69) is 27.8 Å². The Morgan fingerprint density at radius 3 is 2.57 bits per heavy atom. The Labute approximate surface area is 165 Å². The van der Waals surface area contributed by atoms with E-state index < -0.39 is 0 Å². The minimum Gasteiger partial charge on any atom is -0.351 e. The summed E-state index contributed by atoms with van der Waals surface area (Å²) in [7, 11) is 0. The van der Waals surface area contributed by atoms with Crippen molar-refractivity contribution < 1.29 is 9.59 Å². The highest BCUT2D eigenvalue weighted by molar-refractivity contribution is 6.02. The zero-order chi connectivity index (χ0) is 19.9. The molecule has 2 amide bonds. The maximum atomic E-state index is 12.7. The Hall–Kier alpha value is -3.15. The van der Waals surface area contributed by atoms with Crippen LogP contribution >= 0.6 is 0 Å². The minimum absolute atomic E-state index is 0.0406. The summed E-state index contributed by atoms with van der Waals surface area (Å²) in [6.45, 7) is 4.49. The summed E-state index contributed by atoms with van der Waals surface area (Å²) in [5, 5.41) is 5.83. The lowest BCUT2D eigenvalue weighted by Gasteiger charge is -2.10. The number of aromatic nitrogens is 2. The van der Waals surface area contributed by atoms with Gasteiger partial charge in [-0.25, -0.2) is 4.98 Å². The number of nitrogens with one attached hydrogen (secondary N) is 2. The molecule has 0 aliphatic carbocycles. The number of nitrogens with zero attached hydrogens (tertiary/aromatic N) is 2. The maximum absolute atomic E-state index is 12.7. The third-order valence-corrected chi connectivity index (χ3v) is 4.73. The average molecular weight is 378 g/mol. The molecule has 6 nitrogen and oxygen atoms in total. The van der Waals surface area contributed by atoms with Gasteiger partial charge in [-0.2, -0.15) is 0 Å². The first-order chi connectivity index (χ1) is 13.6. The van der Waals surface area contributed by atoms with Crippen LogP contribution in [-0.2, 0) is 6.42 Å². The molecular formula is C22H26N4O2. The number of benzene rings is 1. The zero-order valence-corrected chi connectivity index (χ0v) is 16.3. The Morgan fingerprint density at radius 2 is 1.82 bits per heavy atom. The number of hydrogen-bond acceptors (Lipinski definition) is 3. The van der Waals surface area contributed by atoms with Gasteiger partial charge in [-0.3, -0.25) is 14.0 Å². The Kier molecular flexibility index (Phi) is 6.42. The molecule has 28 heavy (non-hydrogen) atoms. The molecule has 3 aromatic rings. The monoisotopic (exact) mass is 378 g/mol. The lowest BCUT2D eigenvalue weighted by molar-refractivity contribution is 0.0928. The van der Waals surface area contributed by atoms with E-state index in [0.29, 0.717) is 12.1 Å². The number of rotatable bonds is 8. The number of amides is 2. The number of imidazole rings is 1. The molecule has 0 aliphatic heterocycles. The summed E-state index contributed by atoms with van der Waals surface area (Å²) in [6.07, 6.45) is 4.31. The van der Waals surface area contributed by atoms with Crippen molar-refractivity contribution in [3.05, 3.63) is 71.8 Å². The molecule has 0 saturated heterocycles. The molecule has 3 rings (SSSR count). The first-order valence-corrected chi connectivity index (χ1v) is 9.70. The predicted octanol–water partition coefficient (Wildman–Crippen LogP) is 3.23. The van der Waals surface area contributed by atoms with Crippen molar-refractivity contribution in [3.8, 4) is 0 Å². The molecular weight excluding hydrogens is 352 g/mol. The summed E-state index contributed by atoms with van der Waals surface area (Å²) in [6, 6.07) is 15.7. The summed E-state index contributed by atoms with van der Waals surface area (Å²) in [4.78, 5) is 29.6. The van der Waals surface area contributed by atoms with E-state index in [1.807, 2.05) is 44.2 Å². The van der Waals surface area contributed by atoms with E-state index in [4.69, 9.17) is 0 Å². The van der Waals surface area contributed by atoms with Gasteiger partial charge in [0.1, 0.15) is 0 Å². The standard InChI is InChI=1S/C22H26N4O2/c1-3-16(2)24-22(28)20-25-19(18-13-7-8-15-26(18)20)21(27)23-14-9-12-17-10-5-4-6-11-17/h4-8,10-11,13,15-16H,3,9,12,14H2,1-2H3,(H,23,27)(H,24,28). The molecule has 0 bridgehead atoms. The van der Waals surface area contributed by atoms with Gasteiger partial charge >= 0.3 is 0 Å². The van der Waals surface area contributed by atoms with Crippen LogP contribution in [0.15, 0.2) is 54.7 Å². The number of aryl methyl sites for hydroxylation is 1. The second-order valence-electron chi connectivity index (χ2n) is 6.87. The third kappa shape index (κ3) is 4.57. The first kappa shape index (κ1) is 19.6. The van der Waals surface area contributed by atoms with Crippen molar-refractivity contribution in [1.82, 2.24) is 20.0 Å². The fourth-order valence-electron chi connectivity index (χ4n) is 2.98. The van der Waals surface area contributed by atoms with Gasteiger partial charge in [-0.1, -0.05) is 43.3 Å². The van der Waals surface area contributed by atoms with E-state index in [1.165, 1.54) is 5.56 Å². The minimum atomic E-state index is -0.279. The van der Waals surface area contributed by atoms with Gasteiger partial charge in [0.15, 0.2) is 5.69 Å². The summed E-state index contributed by atoms with van der Waals surface area (Å²) >= 11 is 0. The van der Waals surface area contributed by atoms with Gasteiger partial charge in [0.2, 0.25) is 5.82 Å². The largest absolute Gasteiger partial charge is 0.351 e. The van der Waals surface area contributed by atoms with Gasteiger partial charge in [0.25, 0.3) is 11.8 Å². The van der Waals surface area contributed by atoms with E-state index in [0.717, 1.165) is 19.3 Å². The van der Waals surface area contributed by atoms with Gasteiger partial charge in [-0.15, -0.1) is 0 Å². The number of carbonyl (C=O) groups excluding carboxylic acids is 2. The van der Waals surface area contributed by atoms with Crippen molar-refractivity contribution in [2.75, 3.05) is 6.54 Å². The first-order valence-electron chi connectivity index (χ1n) is 9.70. The van der Waals surface area contributed by atoms with Gasteiger partial charge < -0.3 is 10.6 Å². The normalized spacial score (nSPS) is 11.9. The highest BCUT2D eigenvalue weighted by atomic mass is 16.2. The molecule has 146 valence electrons. The second-order valence-corrected chi connectivity index (χ2v) is 6.87. The third-order valence-electron chi connectivity index (χ3n) is 4.73. The second kappa shape index (κ2) is 9.17. The highest BCUT2D eigenvalue weighted by Crippen LogP contribution is 2.14. The summed E-state index contributed by atoms with van der Waals surface area (Å²) in [5.74, 6) is -0.316. The topological polar surface area (TPSA) is 75.5 Å². The molecule has 0 fully saturated rings. The lowest BCUT2D eigenvalue weighted by Crippen LogP contribution is -2.33. The van der Waals surface area contributed by atoms with Gasteiger partial charge in [-0.05, 0) is 43.9 Å². The van der Waals surface area contributed by atoms with Crippen LogP contribution < -0.4 is 10.6 Å². The molecule has 1 unspecified atom stereocenters. The molecule has 2 heterocycles. The summed E-state index contributed by atoms with van der Waals surface area (Å²) < 4.78 is 1.66. The van der Waals surface area contributed by atoms with Crippen LogP contribution in [0.5, 0.6) is 0 Å². The average Bonchev–Trinajstić information content (AvgIpc) is 3.11. The lowest BCUT2D eigenvalue weighted by atomic mass is 10.1. The molecule has 1 atom stereocenters. The zero-order valence-electron chi connectivity index (χ0n) is 16.3. The van der Waals surface area contributed by atoms with Crippen LogP contribution in [-0.4, -0.2) is 33.8 Å². The Morgan fingerprint density at radius 1 is 1.07 bits per heavy atom. The molecule has 0 saturated carbocycles. The van der Waals surface area contributed by atoms with Crippen molar-refractivity contribution in [3.63, 3.8) is 0 Å². The van der Waals surface area contributed by atoms with Crippen LogP contribution in [0, 0.1) is 0 Å². The Bertz CT molecular complexity index is 950. The Balaban J connectivity index is 1.69. The molecule has 2 N–H and O–H groups in total. The smallest absolute Gasteiger partial charge is 0.287 e. The number of carbonyl (C=O) groups is 2. The molecule has 0 spiro atoms. The van der Waals surface area contributed by atoms with E-state index in [-0.39, 0.29) is 29.4 Å². The van der Waals surface area contributed by atoms with Crippen LogP contribution in [0.1, 0.15) is 53.4 Å². The molecule has 0 radical (unpaired) electrons. The molecule has 2 aromatic heterocycles. The summed E-state index contributed by atoms with van der Waals surface area (Å²) in [5.41, 5.74) is 2.14. The molecule has 6 heteroatoms. The quantitative estimate of drug-likeness (QED) is 0.591. The molecule has 0 aliphatic rings. The number of pyridine rings is 1. The fraction of sp³-hybridized carbons (Fsp3) is 0.318. The van der Waals surface area contributed by atoms with Gasteiger partial charge in [0, 0.05) is 18.8 Å². The van der Waals surface area contributed by atoms with Crippen LogP contribution in [0.25, 0.3) is 5.52 Å². The highest BCUT2D eigenvalue weighted by Gasteiger charge is 2.21. The maximum Gasteiger partial charge on any atom is 0.287 e. The van der Waals surface area contributed by atoms with E-state index >= 15 is 0 Å². The van der Waals surface area contributed by atoms with Crippen molar-refractivity contribution >= 4 is 17.3 Å².